The monoisotopic (exact) mass is 372 g/mol. The maximum atomic E-state index is 12.7. The Kier molecular flexibility index (Phi) is 4.44. The number of aromatic nitrogens is 2. The fourth-order valence-corrected chi connectivity index (χ4v) is 3.97. The highest BCUT2D eigenvalue weighted by molar-refractivity contribution is 6.30. The molecule has 0 spiro atoms. The van der Waals surface area contributed by atoms with Crippen LogP contribution in [0.15, 0.2) is 24.3 Å². The minimum Gasteiger partial charge on any atom is -0.351 e. The number of hydrogen-bond donors (Lipinski definition) is 2. The van der Waals surface area contributed by atoms with E-state index in [4.69, 9.17) is 11.6 Å². The first-order chi connectivity index (χ1) is 12.5. The summed E-state index contributed by atoms with van der Waals surface area (Å²) in [6.45, 7) is 2.43. The Hall–Kier alpha value is -2.34. The summed E-state index contributed by atoms with van der Waals surface area (Å²) in [6.07, 6.45) is 2.63. The van der Waals surface area contributed by atoms with Gasteiger partial charge in [0.2, 0.25) is 11.8 Å². The molecule has 0 saturated carbocycles. The van der Waals surface area contributed by atoms with Crippen LogP contribution in [0, 0.1) is 12.8 Å². The zero-order chi connectivity index (χ0) is 18.3. The standard InChI is InChI=1S/C19H21ClN4O2/c1-11-21-16-7-2-12(8-17(16)22-11)19(26)23-14-9-18(25)24(10-14)15-5-3-13(20)4-6-15/h3-6,12,14H,2,7-10H2,1H3,(H,21,22)(H,23,26)/t12-,14+/m1/s1. The number of aryl methyl sites for hydroxylation is 2. The molecule has 2 atom stereocenters. The zero-order valence-corrected chi connectivity index (χ0v) is 15.3. The molecule has 26 heavy (non-hydrogen) atoms. The number of nitrogens with one attached hydrogen (secondary N) is 2. The van der Waals surface area contributed by atoms with Crippen LogP contribution in [-0.4, -0.2) is 34.4 Å². The molecule has 4 rings (SSSR count). The summed E-state index contributed by atoms with van der Waals surface area (Å²) >= 11 is 5.91. The second-order valence-corrected chi connectivity index (χ2v) is 7.51. The molecule has 0 radical (unpaired) electrons. The normalized spacial score (nSPS) is 22.4. The highest BCUT2D eigenvalue weighted by Crippen LogP contribution is 2.26. The molecular formula is C19H21ClN4O2. The van der Waals surface area contributed by atoms with Gasteiger partial charge in [0, 0.05) is 41.7 Å². The number of aromatic amines is 1. The maximum absolute atomic E-state index is 12.7. The van der Waals surface area contributed by atoms with Crippen LogP contribution in [0.1, 0.15) is 30.1 Å². The van der Waals surface area contributed by atoms with Gasteiger partial charge in [0.05, 0.1) is 11.7 Å². The molecule has 1 fully saturated rings. The third-order valence-electron chi connectivity index (χ3n) is 5.14. The Bertz CT molecular complexity index is 846. The van der Waals surface area contributed by atoms with Gasteiger partial charge in [0.25, 0.3) is 0 Å². The SMILES string of the molecule is Cc1nc2c([nH]1)C[C@H](C(=O)N[C@H]1CC(=O)N(c3ccc(Cl)cc3)C1)CC2. The van der Waals surface area contributed by atoms with Gasteiger partial charge in [0.1, 0.15) is 5.82 Å². The van der Waals surface area contributed by atoms with Crippen molar-refractivity contribution >= 4 is 29.1 Å². The first-order valence-corrected chi connectivity index (χ1v) is 9.28. The summed E-state index contributed by atoms with van der Waals surface area (Å²) in [6, 6.07) is 7.03. The van der Waals surface area contributed by atoms with E-state index in [2.05, 4.69) is 15.3 Å². The van der Waals surface area contributed by atoms with E-state index in [9.17, 15) is 9.59 Å². The molecule has 1 aliphatic carbocycles. The van der Waals surface area contributed by atoms with Crippen LogP contribution in [0.2, 0.25) is 5.02 Å². The second kappa shape index (κ2) is 6.76. The van der Waals surface area contributed by atoms with Gasteiger partial charge in [-0.25, -0.2) is 4.98 Å². The molecule has 2 N–H and O–H groups in total. The van der Waals surface area contributed by atoms with Gasteiger partial charge >= 0.3 is 0 Å². The molecule has 1 aliphatic heterocycles. The number of nitrogens with zero attached hydrogens (tertiary/aromatic N) is 2. The van der Waals surface area contributed by atoms with E-state index in [-0.39, 0.29) is 23.8 Å². The van der Waals surface area contributed by atoms with Crippen molar-refractivity contribution in [1.29, 1.82) is 0 Å². The largest absolute Gasteiger partial charge is 0.351 e. The van der Waals surface area contributed by atoms with E-state index < -0.39 is 0 Å². The minimum atomic E-state index is -0.157. The number of fused-ring (bicyclic) bond motifs is 1. The Morgan fingerprint density at radius 2 is 2.08 bits per heavy atom. The number of halogens is 1. The molecule has 2 amide bonds. The van der Waals surface area contributed by atoms with E-state index in [0.717, 1.165) is 35.7 Å². The quantitative estimate of drug-likeness (QED) is 0.868. The van der Waals surface area contributed by atoms with Gasteiger partial charge in [0.15, 0.2) is 0 Å². The van der Waals surface area contributed by atoms with Crippen LogP contribution in [0.5, 0.6) is 0 Å². The number of hydrogen-bond acceptors (Lipinski definition) is 3. The first-order valence-electron chi connectivity index (χ1n) is 8.90. The van der Waals surface area contributed by atoms with E-state index in [1.54, 1.807) is 17.0 Å². The molecule has 0 unspecified atom stereocenters. The number of anilines is 1. The number of H-pyrrole nitrogens is 1. The van der Waals surface area contributed by atoms with Crippen LogP contribution < -0.4 is 10.2 Å². The molecular weight excluding hydrogens is 352 g/mol. The number of carbonyl (C=O) groups is 2. The van der Waals surface area contributed by atoms with Crippen molar-refractivity contribution in [3.05, 3.63) is 46.5 Å². The lowest BCUT2D eigenvalue weighted by atomic mass is 9.89. The average molecular weight is 373 g/mol. The Morgan fingerprint density at radius 1 is 1.31 bits per heavy atom. The molecule has 136 valence electrons. The van der Waals surface area contributed by atoms with Crippen molar-refractivity contribution in [1.82, 2.24) is 15.3 Å². The summed E-state index contributed by atoms with van der Waals surface area (Å²) in [5.41, 5.74) is 2.96. The zero-order valence-electron chi connectivity index (χ0n) is 14.6. The molecule has 1 saturated heterocycles. The Labute approximate surface area is 156 Å². The number of rotatable bonds is 3. The summed E-state index contributed by atoms with van der Waals surface area (Å²) in [4.78, 5) is 34.4. The predicted octanol–water partition coefficient (Wildman–Crippen LogP) is 2.40. The fraction of sp³-hybridized carbons (Fsp3) is 0.421. The van der Waals surface area contributed by atoms with Crippen LogP contribution in [0.25, 0.3) is 0 Å². The van der Waals surface area contributed by atoms with Crippen LogP contribution in [-0.2, 0) is 22.4 Å². The third-order valence-corrected chi connectivity index (χ3v) is 5.40. The highest BCUT2D eigenvalue weighted by Gasteiger charge is 2.34. The predicted molar refractivity (Wildman–Crippen MR) is 99.2 cm³/mol. The molecule has 2 heterocycles. The Morgan fingerprint density at radius 3 is 2.85 bits per heavy atom. The van der Waals surface area contributed by atoms with E-state index in [1.165, 1.54) is 0 Å². The van der Waals surface area contributed by atoms with Crippen molar-refractivity contribution in [2.24, 2.45) is 5.92 Å². The lowest BCUT2D eigenvalue weighted by Gasteiger charge is -2.23. The van der Waals surface area contributed by atoms with Gasteiger partial charge in [-0.2, -0.15) is 0 Å². The smallest absolute Gasteiger partial charge is 0.229 e. The first kappa shape index (κ1) is 17.1. The topological polar surface area (TPSA) is 78.1 Å². The number of amides is 2. The Balaban J connectivity index is 1.38. The van der Waals surface area contributed by atoms with Gasteiger partial charge < -0.3 is 15.2 Å². The summed E-state index contributed by atoms with van der Waals surface area (Å²) < 4.78 is 0. The number of benzene rings is 1. The molecule has 1 aromatic carbocycles. The summed E-state index contributed by atoms with van der Waals surface area (Å²) in [5.74, 6) is 0.879. The molecule has 1 aromatic heterocycles. The van der Waals surface area contributed by atoms with Gasteiger partial charge in [-0.05, 0) is 44.0 Å². The van der Waals surface area contributed by atoms with Crippen molar-refractivity contribution in [2.75, 3.05) is 11.4 Å². The van der Waals surface area contributed by atoms with Gasteiger partial charge in [-0.1, -0.05) is 11.6 Å². The fourth-order valence-electron chi connectivity index (χ4n) is 3.84. The molecule has 2 aromatic rings. The van der Waals surface area contributed by atoms with Crippen LogP contribution >= 0.6 is 11.6 Å². The van der Waals surface area contributed by atoms with E-state index in [0.29, 0.717) is 24.4 Å². The van der Waals surface area contributed by atoms with Crippen molar-refractivity contribution in [3.63, 3.8) is 0 Å². The van der Waals surface area contributed by atoms with Crippen molar-refractivity contribution in [2.45, 2.75) is 38.6 Å². The van der Waals surface area contributed by atoms with Crippen molar-refractivity contribution in [3.8, 4) is 0 Å². The van der Waals surface area contributed by atoms with E-state index >= 15 is 0 Å². The lowest BCUT2D eigenvalue weighted by molar-refractivity contribution is -0.126. The van der Waals surface area contributed by atoms with Gasteiger partial charge in [-0.15, -0.1) is 0 Å². The lowest BCUT2D eigenvalue weighted by Crippen LogP contribution is -2.42. The molecule has 7 heteroatoms. The van der Waals surface area contributed by atoms with Crippen LogP contribution in [0.3, 0.4) is 0 Å². The second-order valence-electron chi connectivity index (χ2n) is 7.08. The third kappa shape index (κ3) is 3.33. The minimum absolute atomic E-state index is 0.0211. The summed E-state index contributed by atoms with van der Waals surface area (Å²) in [7, 11) is 0. The maximum Gasteiger partial charge on any atom is 0.229 e. The average Bonchev–Trinajstić information content (AvgIpc) is 3.16. The number of imidazole rings is 1. The van der Waals surface area contributed by atoms with Gasteiger partial charge in [-0.3, -0.25) is 9.59 Å². The highest BCUT2D eigenvalue weighted by atomic mass is 35.5. The van der Waals surface area contributed by atoms with Crippen LogP contribution in [0.4, 0.5) is 5.69 Å². The molecule has 0 bridgehead atoms. The molecule has 2 aliphatic rings. The summed E-state index contributed by atoms with van der Waals surface area (Å²) in [5, 5.41) is 3.70. The number of carbonyl (C=O) groups excluding carboxylic acids is 2. The molecule has 6 nitrogen and oxygen atoms in total. The van der Waals surface area contributed by atoms with E-state index in [1.807, 2.05) is 19.1 Å². The van der Waals surface area contributed by atoms with Crippen molar-refractivity contribution < 1.29 is 9.59 Å².